The topological polar surface area (TPSA) is 66.4 Å². The van der Waals surface area contributed by atoms with Gasteiger partial charge in [0.15, 0.2) is 0 Å². The molecule has 0 radical (unpaired) electrons. The Morgan fingerprint density at radius 1 is 1.41 bits per heavy atom. The van der Waals surface area contributed by atoms with Crippen molar-refractivity contribution in [3.63, 3.8) is 0 Å². The van der Waals surface area contributed by atoms with E-state index in [1.807, 2.05) is 18.7 Å². The summed E-state index contributed by atoms with van der Waals surface area (Å²) in [5.74, 6) is 1.64. The Morgan fingerprint density at radius 3 is 2.59 bits per heavy atom. The quantitative estimate of drug-likeness (QED) is 0.764. The SMILES string of the molecule is CCC[C@@H](NC(=O)CC1CCSCC1)C(=O)O. The summed E-state index contributed by atoms with van der Waals surface area (Å²) in [7, 11) is 0. The van der Waals surface area contributed by atoms with Gasteiger partial charge in [-0.15, -0.1) is 0 Å². The number of aliphatic carboxylic acids is 1. The molecule has 98 valence electrons. The number of carbonyl (C=O) groups is 2. The Bertz CT molecular complexity index is 264. The summed E-state index contributed by atoms with van der Waals surface area (Å²) in [5, 5.41) is 11.6. The number of hydrogen-bond donors (Lipinski definition) is 2. The summed E-state index contributed by atoms with van der Waals surface area (Å²) in [6, 6.07) is -0.717. The summed E-state index contributed by atoms with van der Waals surface area (Å²) in [6.07, 6.45) is 3.89. The van der Waals surface area contributed by atoms with Crippen LogP contribution in [-0.2, 0) is 9.59 Å². The highest BCUT2D eigenvalue weighted by atomic mass is 32.2. The van der Waals surface area contributed by atoms with Crippen molar-refractivity contribution in [3.8, 4) is 0 Å². The van der Waals surface area contributed by atoms with Crippen molar-refractivity contribution in [2.75, 3.05) is 11.5 Å². The van der Waals surface area contributed by atoms with Gasteiger partial charge < -0.3 is 10.4 Å². The number of hydrogen-bond acceptors (Lipinski definition) is 3. The molecule has 1 atom stereocenters. The van der Waals surface area contributed by atoms with Gasteiger partial charge in [0, 0.05) is 6.42 Å². The van der Waals surface area contributed by atoms with Crippen LogP contribution in [-0.4, -0.2) is 34.5 Å². The van der Waals surface area contributed by atoms with Crippen molar-refractivity contribution < 1.29 is 14.7 Å². The number of rotatable bonds is 6. The number of thioether (sulfide) groups is 1. The number of nitrogens with one attached hydrogen (secondary N) is 1. The zero-order valence-corrected chi connectivity index (χ0v) is 11.1. The highest BCUT2D eigenvalue weighted by Gasteiger charge is 2.22. The lowest BCUT2D eigenvalue weighted by Gasteiger charge is -2.21. The summed E-state index contributed by atoms with van der Waals surface area (Å²) < 4.78 is 0. The van der Waals surface area contributed by atoms with Crippen LogP contribution in [0.25, 0.3) is 0 Å². The van der Waals surface area contributed by atoms with E-state index >= 15 is 0 Å². The molecular weight excluding hydrogens is 238 g/mol. The first-order valence-corrected chi connectivity index (χ1v) is 7.38. The minimum atomic E-state index is -0.931. The average Bonchev–Trinajstić information content (AvgIpc) is 2.29. The third-order valence-corrected chi connectivity index (χ3v) is 4.07. The molecule has 1 saturated heterocycles. The zero-order chi connectivity index (χ0) is 12.7. The molecule has 1 aliphatic rings. The van der Waals surface area contributed by atoms with E-state index in [4.69, 9.17) is 5.11 Å². The number of amides is 1. The Hall–Kier alpha value is -0.710. The van der Waals surface area contributed by atoms with Gasteiger partial charge in [0.25, 0.3) is 0 Å². The molecule has 0 spiro atoms. The van der Waals surface area contributed by atoms with Crippen LogP contribution in [0.15, 0.2) is 0 Å². The molecule has 0 aromatic heterocycles. The Balaban J connectivity index is 2.33. The first-order chi connectivity index (χ1) is 8.13. The van der Waals surface area contributed by atoms with Crippen LogP contribution in [0, 0.1) is 5.92 Å². The van der Waals surface area contributed by atoms with E-state index in [1.54, 1.807) is 0 Å². The van der Waals surface area contributed by atoms with E-state index in [9.17, 15) is 9.59 Å². The number of carboxylic acid groups (broad SMARTS) is 1. The van der Waals surface area contributed by atoms with Gasteiger partial charge in [-0.1, -0.05) is 13.3 Å². The van der Waals surface area contributed by atoms with Gasteiger partial charge in [0.1, 0.15) is 6.04 Å². The molecule has 1 heterocycles. The van der Waals surface area contributed by atoms with Crippen LogP contribution in [0.2, 0.25) is 0 Å². The second kappa shape index (κ2) is 7.58. The highest BCUT2D eigenvalue weighted by molar-refractivity contribution is 7.99. The van der Waals surface area contributed by atoms with E-state index in [2.05, 4.69) is 5.32 Å². The molecule has 0 unspecified atom stereocenters. The number of carbonyl (C=O) groups excluding carboxylic acids is 1. The average molecular weight is 259 g/mol. The summed E-state index contributed by atoms with van der Waals surface area (Å²) in [5.41, 5.74) is 0. The zero-order valence-electron chi connectivity index (χ0n) is 10.3. The highest BCUT2D eigenvalue weighted by Crippen LogP contribution is 2.25. The fourth-order valence-electron chi connectivity index (χ4n) is 2.01. The van der Waals surface area contributed by atoms with Gasteiger partial charge in [-0.2, -0.15) is 11.8 Å². The van der Waals surface area contributed by atoms with E-state index in [1.165, 1.54) is 0 Å². The van der Waals surface area contributed by atoms with Gasteiger partial charge in [-0.3, -0.25) is 4.79 Å². The molecule has 1 rings (SSSR count). The third-order valence-electron chi connectivity index (χ3n) is 3.03. The van der Waals surface area contributed by atoms with Crippen LogP contribution in [0.5, 0.6) is 0 Å². The molecule has 0 aromatic rings. The van der Waals surface area contributed by atoms with Crippen LogP contribution < -0.4 is 5.32 Å². The lowest BCUT2D eigenvalue weighted by molar-refractivity contribution is -0.142. The second-order valence-electron chi connectivity index (χ2n) is 4.51. The van der Waals surface area contributed by atoms with E-state index in [0.29, 0.717) is 18.8 Å². The van der Waals surface area contributed by atoms with E-state index < -0.39 is 12.0 Å². The van der Waals surface area contributed by atoms with Crippen molar-refractivity contribution in [2.45, 2.75) is 45.1 Å². The minimum absolute atomic E-state index is 0.109. The van der Waals surface area contributed by atoms with Crippen molar-refractivity contribution in [2.24, 2.45) is 5.92 Å². The maximum absolute atomic E-state index is 11.7. The van der Waals surface area contributed by atoms with Crippen LogP contribution in [0.1, 0.15) is 39.0 Å². The van der Waals surface area contributed by atoms with Gasteiger partial charge in [-0.05, 0) is 36.7 Å². The van der Waals surface area contributed by atoms with Gasteiger partial charge in [0.2, 0.25) is 5.91 Å². The molecule has 0 bridgehead atoms. The normalized spacial score (nSPS) is 18.6. The fourth-order valence-corrected chi connectivity index (χ4v) is 3.22. The lowest BCUT2D eigenvalue weighted by Crippen LogP contribution is -2.41. The van der Waals surface area contributed by atoms with Crippen molar-refractivity contribution >= 4 is 23.6 Å². The van der Waals surface area contributed by atoms with E-state index in [-0.39, 0.29) is 5.91 Å². The van der Waals surface area contributed by atoms with Crippen molar-refractivity contribution in [3.05, 3.63) is 0 Å². The van der Waals surface area contributed by atoms with Gasteiger partial charge in [0.05, 0.1) is 0 Å². The van der Waals surface area contributed by atoms with Crippen LogP contribution in [0.4, 0.5) is 0 Å². The molecule has 0 saturated carbocycles. The largest absolute Gasteiger partial charge is 0.480 e. The molecule has 4 nitrogen and oxygen atoms in total. The predicted molar refractivity (Wildman–Crippen MR) is 69.1 cm³/mol. The summed E-state index contributed by atoms with van der Waals surface area (Å²) in [6.45, 7) is 1.92. The van der Waals surface area contributed by atoms with Gasteiger partial charge in [-0.25, -0.2) is 4.79 Å². The molecule has 1 aliphatic heterocycles. The summed E-state index contributed by atoms with van der Waals surface area (Å²) in [4.78, 5) is 22.6. The van der Waals surface area contributed by atoms with Crippen LogP contribution in [0.3, 0.4) is 0 Å². The Labute approximate surface area is 107 Å². The van der Waals surface area contributed by atoms with Crippen molar-refractivity contribution in [1.82, 2.24) is 5.32 Å². The molecule has 2 N–H and O–H groups in total. The van der Waals surface area contributed by atoms with E-state index in [0.717, 1.165) is 30.8 Å². The lowest BCUT2D eigenvalue weighted by atomic mass is 9.98. The maximum Gasteiger partial charge on any atom is 0.326 e. The van der Waals surface area contributed by atoms with Gasteiger partial charge >= 0.3 is 5.97 Å². The fraction of sp³-hybridized carbons (Fsp3) is 0.833. The molecule has 1 fully saturated rings. The monoisotopic (exact) mass is 259 g/mol. The standard InChI is InChI=1S/C12H21NO3S/c1-2-3-10(12(15)16)13-11(14)8-9-4-6-17-7-5-9/h9-10H,2-8H2,1H3,(H,13,14)(H,15,16)/t10-/m1/s1. The maximum atomic E-state index is 11.7. The third kappa shape index (κ3) is 5.44. The molecular formula is C12H21NO3S. The molecule has 0 aromatic carbocycles. The first-order valence-electron chi connectivity index (χ1n) is 6.23. The minimum Gasteiger partial charge on any atom is -0.480 e. The Morgan fingerprint density at radius 2 is 2.06 bits per heavy atom. The number of carboxylic acids is 1. The second-order valence-corrected chi connectivity index (χ2v) is 5.73. The molecule has 1 amide bonds. The molecule has 17 heavy (non-hydrogen) atoms. The molecule has 0 aliphatic carbocycles. The summed E-state index contributed by atoms with van der Waals surface area (Å²) >= 11 is 1.93. The Kier molecular flexibility index (Phi) is 6.40. The van der Waals surface area contributed by atoms with Crippen LogP contribution >= 0.6 is 11.8 Å². The molecule has 5 heteroatoms. The van der Waals surface area contributed by atoms with Crippen molar-refractivity contribution in [1.29, 1.82) is 0 Å². The smallest absolute Gasteiger partial charge is 0.326 e. The first kappa shape index (κ1) is 14.4. The predicted octanol–water partition coefficient (Wildman–Crippen LogP) is 1.89.